The quantitative estimate of drug-likeness (QED) is 0.0864. The summed E-state index contributed by atoms with van der Waals surface area (Å²) in [6.07, 6.45) is 0. The van der Waals surface area contributed by atoms with E-state index in [-0.39, 0.29) is 0 Å². The van der Waals surface area contributed by atoms with Crippen LogP contribution in [-0.2, 0) is 0 Å². The first-order valence-electron chi connectivity index (χ1n) is 20.4. The average Bonchev–Trinajstić information content (AvgIpc) is 3.25. The Hall–Kier alpha value is -6.68. The molecule has 0 atom stereocenters. The summed E-state index contributed by atoms with van der Waals surface area (Å²) in [4.78, 5) is 4.97. The van der Waals surface area contributed by atoms with Crippen molar-refractivity contribution >= 4 is 90.5 Å². The van der Waals surface area contributed by atoms with Gasteiger partial charge in [0.15, 0.2) is 0 Å². The monoisotopic (exact) mass is 762 g/mol. The fourth-order valence-electron chi connectivity index (χ4n) is 9.23. The molecule has 3 heteroatoms. The van der Waals surface area contributed by atoms with E-state index < -0.39 is 8.07 Å². The van der Waals surface area contributed by atoms with Crippen molar-refractivity contribution in [3.63, 3.8) is 0 Å². The van der Waals surface area contributed by atoms with Crippen molar-refractivity contribution in [2.45, 2.75) is 33.5 Å². The Bertz CT molecular complexity index is 3090. The molecule has 0 heterocycles. The molecular formula is C55H46N2Si. The molecule has 0 fully saturated rings. The summed E-state index contributed by atoms with van der Waals surface area (Å²) in [5, 5.41) is 11.7. The zero-order valence-electron chi connectivity index (χ0n) is 33.8. The Balaban J connectivity index is 1.34. The fourth-order valence-corrected chi connectivity index (χ4v) is 10.4. The normalized spacial score (nSPS) is 11.9. The van der Waals surface area contributed by atoms with E-state index in [1.807, 2.05) is 0 Å². The van der Waals surface area contributed by atoms with Crippen LogP contribution in [0, 0.1) is 13.8 Å². The molecule has 58 heavy (non-hydrogen) atoms. The number of benzene rings is 10. The average molecular weight is 763 g/mol. The second kappa shape index (κ2) is 14.1. The number of anilines is 6. The largest absolute Gasteiger partial charge is 0.310 e. The summed E-state index contributed by atoms with van der Waals surface area (Å²) in [6, 6.07) is 69.4. The molecule has 2 nitrogen and oxygen atoms in total. The third kappa shape index (κ3) is 5.85. The zero-order valence-corrected chi connectivity index (χ0v) is 34.8. The predicted octanol–water partition coefficient (Wildman–Crippen LogP) is 15.5. The molecule has 0 aliphatic heterocycles. The molecule has 0 spiro atoms. The van der Waals surface area contributed by atoms with Crippen LogP contribution in [0.5, 0.6) is 0 Å². The highest BCUT2D eigenvalue weighted by Gasteiger charge is 2.27. The van der Waals surface area contributed by atoms with Crippen molar-refractivity contribution in [1.82, 2.24) is 0 Å². The van der Waals surface area contributed by atoms with Crippen LogP contribution in [-0.4, -0.2) is 8.07 Å². The van der Waals surface area contributed by atoms with E-state index in [2.05, 4.69) is 231 Å². The van der Waals surface area contributed by atoms with Crippen LogP contribution < -0.4 is 15.0 Å². The lowest BCUT2D eigenvalue weighted by Gasteiger charge is -2.32. The maximum absolute atomic E-state index is 2.50. The van der Waals surface area contributed by atoms with Gasteiger partial charge in [-0.3, -0.25) is 0 Å². The lowest BCUT2D eigenvalue weighted by molar-refractivity contribution is 1.29. The topological polar surface area (TPSA) is 6.48 Å². The van der Waals surface area contributed by atoms with Crippen molar-refractivity contribution in [2.24, 2.45) is 0 Å². The van der Waals surface area contributed by atoms with Crippen LogP contribution in [0.15, 0.2) is 188 Å². The SMILES string of the molecule is Cc1cc(N(c2ccccc2)c2ccccc2-c2ccccc2)c2c3ccccc3c3c(C)cc(N(c4ccccc4)c4ccc([Si](C)(C)C)cc4)c4ccc1c2c43. The first kappa shape index (κ1) is 35.7. The highest BCUT2D eigenvalue weighted by Crippen LogP contribution is 2.53. The van der Waals surface area contributed by atoms with Crippen LogP contribution in [0.1, 0.15) is 11.1 Å². The van der Waals surface area contributed by atoms with Crippen molar-refractivity contribution in [3.8, 4) is 11.1 Å². The number of fused-ring (bicyclic) bond motifs is 3. The summed E-state index contributed by atoms with van der Waals surface area (Å²) in [7, 11) is -1.49. The number of aryl methyl sites for hydroxylation is 2. The van der Waals surface area contributed by atoms with Gasteiger partial charge in [0.05, 0.1) is 25.1 Å². The molecule has 0 bridgehead atoms. The summed E-state index contributed by atoms with van der Waals surface area (Å²) < 4.78 is 0. The van der Waals surface area contributed by atoms with Gasteiger partial charge in [-0.1, -0.05) is 158 Å². The Labute approximate surface area is 342 Å². The lowest BCUT2D eigenvalue weighted by Crippen LogP contribution is -2.37. The van der Waals surface area contributed by atoms with Gasteiger partial charge in [0.25, 0.3) is 0 Å². The predicted molar refractivity (Wildman–Crippen MR) is 255 cm³/mol. The first-order chi connectivity index (χ1) is 28.3. The van der Waals surface area contributed by atoms with E-state index in [0.29, 0.717) is 0 Å². The fraction of sp³-hybridized carbons (Fsp3) is 0.0909. The standard InChI is InChI=1S/C55H46N2Si/c1-37-35-51(57(41-23-13-8-14-24-41)49-28-18-17-25-45(49)39-19-9-6-10-20-39)53-47-27-16-15-26-46(47)52-38(2)36-50(48-34-33-44(37)54(53)55(48)52)56(40-21-11-7-12-22-40)42-29-31-43(32-30-42)58(3,4)5/h6-36H,1-5H3. The van der Waals surface area contributed by atoms with Gasteiger partial charge >= 0.3 is 0 Å². The van der Waals surface area contributed by atoms with Gasteiger partial charge in [0.1, 0.15) is 0 Å². The van der Waals surface area contributed by atoms with Crippen molar-refractivity contribution in [1.29, 1.82) is 0 Å². The van der Waals surface area contributed by atoms with Crippen LogP contribution in [0.3, 0.4) is 0 Å². The van der Waals surface area contributed by atoms with Crippen LogP contribution in [0.4, 0.5) is 34.1 Å². The summed E-state index contributed by atoms with van der Waals surface area (Å²) in [5.74, 6) is 0. The van der Waals surface area contributed by atoms with Gasteiger partial charge in [-0.05, 0) is 107 Å². The maximum atomic E-state index is 2.50. The van der Waals surface area contributed by atoms with E-state index in [1.54, 1.807) is 0 Å². The molecule has 10 rings (SSSR count). The number of nitrogens with zero attached hydrogens (tertiary/aromatic N) is 2. The van der Waals surface area contributed by atoms with Crippen molar-refractivity contribution in [2.75, 3.05) is 9.80 Å². The number of hydrogen-bond donors (Lipinski definition) is 0. The van der Waals surface area contributed by atoms with Crippen LogP contribution >= 0.6 is 0 Å². The van der Waals surface area contributed by atoms with E-state index in [0.717, 1.165) is 22.7 Å². The molecule has 0 saturated carbocycles. The van der Waals surface area contributed by atoms with Gasteiger partial charge in [-0.25, -0.2) is 0 Å². The Kier molecular flexibility index (Phi) is 8.65. The van der Waals surface area contributed by atoms with E-state index >= 15 is 0 Å². The minimum atomic E-state index is -1.49. The maximum Gasteiger partial charge on any atom is 0.0775 e. The number of para-hydroxylation sites is 3. The van der Waals surface area contributed by atoms with Gasteiger partial charge in [0, 0.05) is 44.2 Å². The molecular weight excluding hydrogens is 717 g/mol. The summed E-state index contributed by atoms with van der Waals surface area (Å²) in [6.45, 7) is 11.8. The van der Waals surface area contributed by atoms with Gasteiger partial charge in [-0.15, -0.1) is 0 Å². The highest BCUT2D eigenvalue weighted by atomic mass is 28.3. The van der Waals surface area contributed by atoms with Gasteiger partial charge in [0.2, 0.25) is 0 Å². The van der Waals surface area contributed by atoms with Crippen LogP contribution in [0.25, 0.3) is 54.2 Å². The first-order valence-corrected chi connectivity index (χ1v) is 23.9. The molecule has 280 valence electrons. The molecule has 0 radical (unpaired) electrons. The molecule has 0 amide bonds. The molecule has 10 aromatic rings. The number of rotatable bonds is 8. The third-order valence-electron chi connectivity index (χ3n) is 12.0. The third-order valence-corrected chi connectivity index (χ3v) is 14.0. The Morgan fingerprint density at radius 2 is 0.845 bits per heavy atom. The summed E-state index contributed by atoms with van der Waals surface area (Å²) >= 11 is 0. The molecule has 10 aromatic carbocycles. The minimum absolute atomic E-state index is 1.12. The highest BCUT2D eigenvalue weighted by molar-refractivity contribution is 6.88. The number of hydrogen-bond acceptors (Lipinski definition) is 2. The Morgan fingerprint density at radius 1 is 0.345 bits per heavy atom. The van der Waals surface area contributed by atoms with E-state index in [9.17, 15) is 0 Å². The molecule has 0 aliphatic carbocycles. The van der Waals surface area contributed by atoms with Gasteiger partial charge in [-0.2, -0.15) is 0 Å². The van der Waals surface area contributed by atoms with Crippen LogP contribution in [0.2, 0.25) is 19.6 Å². The Morgan fingerprint density at radius 3 is 1.50 bits per heavy atom. The zero-order chi connectivity index (χ0) is 39.5. The summed E-state index contributed by atoms with van der Waals surface area (Å²) in [5.41, 5.74) is 11.8. The second-order valence-corrected chi connectivity index (χ2v) is 21.7. The van der Waals surface area contributed by atoms with E-state index in [4.69, 9.17) is 0 Å². The van der Waals surface area contributed by atoms with E-state index in [1.165, 1.54) is 81.9 Å². The van der Waals surface area contributed by atoms with Gasteiger partial charge < -0.3 is 9.80 Å². The molecule has 0 N–H and O–H groups in total. The minimum Gasteiger partial charge on any atom is -0.310 e. The second-order valence-electron chi connectivity index (χ2n) is 16.7. The van der Waals surface area contributed by atoms with Crippen molar-refractivity contribution < 1.29 is 0 Å². The lowest BCUT2D eigenvalue weighted by atomic mass is 9.84. The van der Waals surface area contributed by atoms with Crippen molar-refractivity contribution in [3.05, 3.63) is 199 Å². The molecule has 0 unspecified atom stereocenters. The molecule has 0 aromatic heterocycles. The molecule has 0 aliphatic rings. The smallest absolute Gasteiger partial charge is 0.0775 e. The molecule has 0 saturated heterocycles.